The van der Waals surface area contributed by atoms with Crippen molar-refractivity contribution >= 4 is 17.2 Å². The molecular formula is C26H31FN4O3. The molecule has 3 N–H and O–H groups in total. The number of benzene rings is 2. The minimum atomic E-state index is -0.506. The molecule has 0 saturated heterocycles. The van der Waals surface area contributed by atoms with Crippen LogP contribution in [-0.2, 0) is 6.54 Å². The number of nitrogens with one attached hydrogen (secondary N) is 1. The lowest BCUT2D eigenvalue weighted by Gasteiger charge is -2.27. The van der Waals surface area contributed by atoms with Crippen LogP contribution < -0.4 is 24.8 Å². The normalized spacial score (nSPS) is 10.8. The van der Waals surface area contributed by atoms with E-state index >= 15 is 4.39 Å². The fraction of sp³-hybridized carbons (Fsp3) is 0.308. The highest BCUT2D eigenvalue weighted by atomic mass is 19.1. The number of hydrogen-bond acceptors (Lipinski definition) is 6. The van der Waals surface area contributed by atoms with Crippen LogP contribution in [0.3, 0.4) is 0 Å². The van der Waals surface area contributed by atoms with E-state index in [-0.39, 0.29) is 29.9 Å². The van der Waals surface area contributed by atoms with Crippen LogP contribution in [0.15, 0.2) is 54.6 Å². The zero-order valence-corrected chi connectivity index (χ0v) is 20.0. The van der Waals surface area contributed by atoms with Gasteiger partial charge in [0.2, 0.25) is 5.88 Å². The molecule has 1 aromatic heterocycles. The van der Waals surface area contributed by atoms with Crippen LogP contribution in [0.25, 0.3) is 0 Å². The van der Waals surface area contributed by atoms with E-state index in [4.69, 9.17) is 25.4 Å². The van der Waals surface area contributed by atoms with Gasteiger partial charge in [0.05, 0.1) is 37.2 Å². The van der Waals surface area contributed by atoms with Crippen molar-refractivity contribution in [2.45, 2.75) is 40.3 Å². The summed E-state index contributed by atoms with van der Waals surface area (Å²) in [5.41, 5.74) is 7.85. The first-order valence-electron chi connectivity index (χ1n) is 11.3. The van der Waals surface area contributed by atoms with Crippen LogP contribution >= 0.6 is 0 Å². The van der Waals surface area contributed by atoms with Crippen molar-refractivity contribution in [3.05, 3.63) is 71.7 Å². The summed E-state index contributed by atoms with van der Waals surface area (Å²) in [4.78, 5) is 6.34. The molecule has 0 aliphatic heterocycles. The minimum absolute atomic E-state index is 0.0404. The van der Waals surface area contributed by atoms with E-state index in [0.717, 1.165) is 0 Å². The first-order chi connectivity index (χ1) is 16.3. The van der Waals surface area contributed by atoms with Crippen molar-refractivity contribution in [3.63, 3.8) is 0 Å². The van der Waals surface area contributed by atoms with Gasteiger partial charge < -0.3 is 24.8 Å². The molecule has 0 aliphatic rings. The third-order valence-electron chi connectivity index (χ3n) is 4.84. The molecule has 0 aliphatic carbocycles. The van der Waals surface area contributed by atoms with Gasteiger partial charge >= 0.3 is 0 Å². The number of ether oxygens (including phenoxy) is 3. The Kier molecular flexibility index (Phi) is 8.29. The number of halogens is 1. The van der Waals surface area contributed by atoms with Crippen LogP contribution in [0.4, 0.5) is 15.8 Å². The van der Waals surface area contributed by atoms with Crippen LogP contribution in [0, 0.1) is 11.2 Å². The van der Waals surface area contributed by atoms with Gasteiger partial charge in [-0.1, -0.05) is 6.07 Å². The van der Waals surface area contributed by atoms with Crippen molar-refractivity contribution < 1.29 is 18.6 Å². The van der Waals surface area contributed by atoms with Crippen LogP contribution in [0.2, 0.25) is 0 Å². The second-order valence-electron chi connectivity index (χ2n) is 7.80. The number of anilines is 2. The number of hydrogen-bond donors (Lipinski definition) is 2. The summed E-state index contributed by atoms with van der Waals surface area (Å²) in [5.74, 6) is 0.558. The maximum atomic E-state index is 15.8. The Balaban J connectivity index is 2.13. The standard InChI is InChI=1S/C26H31FN4O3/c1-5-32-21-14-22(25(27)23(15-21)34-17(3)4)31(20-12-10-18(11-13-20)26(28)29)16-19-8-7-9-24(30-19)33-6-2/h7-15,17H,5-6,16H2,1-4H3,(H3,28,29). The Labute approximate surface area is 199 Å². The smallest absolute Gasteiger partial charge is 0.213 e. The number of rotatable bonds is 11. The van der Waals surface area contributed by atoms with E-state index in [1.54, 1.807) is 47.4 Å². The summed E-state index contributed by atoms with van der Waals surface area (Å²) in [7, 11) is 0. The third kappa shape index (κ3) is 6.15. The van der Waals surface area contributed by atoms with Gasteiger partial charge in [0.1, 0.15) is 11.6 Å². The lowest BCUT2D eigenvalue weighted by molar-refractivity contribution is 0.229. The number of nitrogens with two attached hydrogens (primary N) is 1. The maximum absolute atomic E-state index is 15.8. The number of nitrogen functional groups attached to an aromatic ring is 1. The van der Waals surface area contributed by atoms with E-state index < -0.39 is 5.82 Å². The van der Waals surface area contributed by atoms with Gasteiger partial charge in [-0.3, -0.25) is 5.41 Å². The van der Waals surface area contributed by atoms with E-state index in [1.807, 2.05) is 39.8 Å². The summed E-state index contributed by atoms with van der Waals surface area (Å²) in [6.45, 7) is 8.62. The fourth-order valence-corrected chi connectivity index (χ4v) is 3.42. The van der Waals surface area contributed by atoms with E-state index in [9.17, 15) is 0 Å². The van der Waals surface area contributed by atoms with Crippen molar-refractivity contribution in [2.75, 3.05) is 18.1 Å². The molecule has 180 valence electrons. The summed E-state index contributed by atoms with van der Waals surface area (Å²) < 4.78 is 32.8. The predicted octanol–water partition coefficient (Wildman–Crippen LogP) is 5.43. The molecule has 0 fully saturated rings. The topological polar surface area (TPSA) is 93.7 Å². The lowest BCUT2D eigenvalue weighted by Crippen LogP contribution is -2.20. The first-order valence-corrected chi connectivity index (χ1v) is 11.3. The number of nitrogens with zero attached hydrogens (tertiary/aromatic N) is 2. The van der Waals surface area contributed by atoms with Gasteiger partial charge in [0.15, 0.2) is 11.6 Å². The molecular weight excluding hydrogens is 435 g/mol. The molecule has 0 atom stereocenters. The second kappa shape index (κ2) is 11.4. The van der Waals surface area contributed by atoms with Crippen LogP contribution in [-0.4, -0.2) is 30.1 Å². The Bertz CT molecular complexity index is 1120. The van der Waals surface area contributed by atoms with Crippen LogP contribution in [0.5, 0.6) is 17.4 Å². The van der Waals surface area contributed by atoms with Gasteiger partial charge in [-0.15, -0.1) is 0 Å². The Hall–Kier alpha value is -3.81. The molecule has 7 nitrogen and oxygen atoms in total. The molecule has 3 rings (SSSR count). The largest absolute Gasteiger partial charge is 0.494 e. The molecule has 0 saturated carbocycles. The summed E-state index contributed by atoms with van der Waals surface area (Å²) in [6, 6.07) is 15.7. The molecule has 0 radical (unpaired) electrons. The zero-order valence-electron chi connectivity index (χ0n) is 20.0. The summed E-state index contributed by atoms with van der Waals surface area (Å²) in [6.07, 6.45) is -0.216. The summed E-state index contributed by atoms with van der Waals surface area (Å²) in [5, 5.41) is 7.67. The molecule has 2 aromatic carbocycles. The van der Waals surface area contributed by atoms with Gasteiger partial charge in [0, 0.05) is 29.4 Å². The van der Waals surface area contributed by atoms with Gasteiger partial charge in [0.25, 0.3) is 0 Å². The average Bonchev–Trinajstić information content (AvgIpc) is 2.80. The number of aromatic nitrogens is 1. The van der Waals surface area contributed by atoms with Gasteiger partial charge in [-0.05, 0) is 58.0 Å². The Morgan fingerprint density at radius 1 is 1.06 bits per heavy atom. The van der Waals surface area contributed by atoms with Crippen molar-refractivity contribution in [2.24, 2.45) is 5.73 Å². The lowest BCUT2D eigenvalue weighted by atomic mass is 10.1. The quantitative estimate of drug-likeness (QED) is 0.289. The molecule has 3 aromatic rings. The molecule has 0 unspecified atom stereocenters. The van der Waals surface area contributed by atoms with Crippen molar-refractivity contribution in [1.82, 2.24) is 4.98 Å². The van der Waals surface area contributed by atoms with E-state index in [2.05, 4.69) is 4.98 Å². The van der Waals surface area contributed by atoms with Gasteiger partial charge in [-0.2, -0.15) is 0 Å². The Morgan fingerprint density at radius 2 is 1.76 bits per heavy atom. The van der Waals surface area contributed by atoms with E-state index in [0.29, 0.717) is 41.8 Å². The molecule has 8 heteroatoms. The van der Waals surface area contributed by atoms with Crippen molar-refractivity contribution in [1.29, 1.82) is 5.41 Å². The van der Waals surface area contributed by atoms with Crippen LogP contribution in [0.1, 0.15) is 39.0 Å². The predicted molar refractivity (Wildman–Crippen MR) is 132 cm³/mol. The maximum Gasteiger partial charge on any atom is 0.213 e. The third-order valence-corrected chi connectivity index (χ3v) is 4.84. The number of pyridine rings is 1. The molecule has 0 bridgehead atoms. The van der Waals surface area contributed by atoms with E-state index in [1.165, 1.54) is 0 Å². The van der Waals surface area contributed by atoms with Crippen molar-refractivity contribution in [3.8, 4) is 17.4 Å². The second-order valence-corrected chi connectivity index (χ2v) is 7.80. The molecule has 34 heavy (non-hydrogen) atoms. The first kappa shape index (κ1) is 24.8. The molecule has 0 spiro atoms. The number of amidine groups is 1. The highest BCUT2D eigenvalue weighted by Gasteiger charge is 2.22. The molecule has 0 amide bonds. The average molecular weight is 467 g/mol. The van der Waals surface area contributed by atoms with Gasteiger partial charge in [-0.25, -0.2) is 9.37 Å². The monoisotopic (exact) mass is 466 g/mol. The fourth-order valence-electron chi connectivity index (χ4n) is 3.42. The summed E-state index contributed by atoms with van der Waals surface area (Å²) >= 11 is 0. The zero-order chi connectivity index (χ0) is 24.7. The molecule has 1 heterocycles. The highest BCUT2D eigenvalue weighted by Crippen LogP contribution is 2.38. The highest BCUT2D eigenvalue weighted by molar-refractivity contribution is 5.95. The SMILES string of the molecule is CCOc1cc(OC(C)C)c(F)c(N(Cc2cccc(OCC)n2)c2ccc(C(=N)N)cc2)c1. The minimum Gasteiger partial charge on any atom is -0.494 e. The Morgan fingerprint density at radius 3 is 2.38 bits per heavy atom.